The average Bonchev–Trinajstić information content (AvgIpc) is 2.37. The molecule has 17 heavy (non-hydrogen) atoms. The number of pyridine rings is 1. The van der Waals surface area contributed by atoms with Crippen LogP contribution in [0.5, 0.6) is 5.75 Å². The highest BCUT2D eigenvalue weighted by Crippen LogP contribution is 2.17. The number of nitriles is 1. The molecule has 84 valence electrons. The molecule has 0 radical (unpaired) electrons. The minimum Gasteiger partial charge on any atom is -0.486 e. The Bertz CT molecular complexity index is 558. The molecule has 0 N–H and O–H groups in total. The van der Waals surface area contributed by atoms with Crippen LogP contribution in [0.1, 0.15) is 17.0 Å². The van der Waals surface area contributed by atoms with E-state index in [0.717, 1.165) is 11.4 Å². The zero-order valence-electron chi connectivity index (χ0n) is 9.55. The molecule has 0 aliphatic heterocycles. The van der Waals surface area contributed by atoms with Gasteiger partial charge in [0, 0.05) is 5.69 Å². The van der Waals surface area contributed by atoms with Crippen molar-refractivity contribution in [2.45, 2.75) is 13.5 Å². The maximum atomic E-state index is 8.91. The van der Waals surface area contributed by atoms with Gasteiger partial charge >= 0.3 is 0 Å². The molecule has 0 saturated carbocycles. The van der Waals surface area contributed by atoms with Crippen molar-refractivity contribution >= 4 is 0 Å². The second-order valence-corrected chi connectivity index (χ2v) is 3.67. The molecule has 0 aliphatic carbocycles. The van der Waals surface area contributed by atoms with Gasteiger partial charge in [0.1, 0.15) is 18.4 Å². The summed E-state index contributed by atoms with van der Waals surface area (Å²) in [5, 5.41) is 8.91. The predicted octanol–water partition coefficient (Wildman–Crippen LogP) is 2.84. The van der Waals surface area contributed by atoms with Gasteiger partial charge in [-0.05, 0) is 31.2 Å². The highest BCUT2D eigenvalue weighted by Gasteiger charge is 2.02. The van der Waals surface area contributed by atoms with Crippen LogP contribution in [0.4, 0.5) is 0 Å². The smallest absolute Gasteiger partial charge is 0.137 e. The van der Waals surface area contributed by atoms with Crippen LogP contribution in [0.25, 0.3) is 0 Å². The van der Waals surface area contributed by atoms with Crippen LogP contribution in [0.2, 0.25) is 0 Å². The first-order chi connectivity index (χ1) is 8.29. The molecule has 0 amide bonds. The number of hydrogen-bond acceptors (Lipinski definition) is 3. The number of nitrogens with zero attached hydrogens (tertiary/aromatic N) is 2. The Kier molecular flexibility index (Phi) is 3.37. The summed E-state index contributed by atoms with van der Waals surface area (Å²) >= 11 is 0. The summed E-state index contributed by atoms with van der Waals surface area (Å²) in [6, 6.07) is 15.1. The van der Waals surface area contributed by atoms with E-state index in [2.05, 4.69) is 11.1 Å². The number of rotatable bonds is 3. The lowest BCUT2D eigenvalue weighted by molar-refractivity contribution is 0.300. The predicted molar refractivity (Wildman–Crippen MR) is 64.5 cm³/mol. The molecule has 2 aromatic rings. The summed E-state index contributed by atoms with van der Waals surface area (Å²) in [5.41, 5.74) is 2.36. The van der Waals surface area contributed by atoms with Gasteiger partial charge in [-0.2, -0.15) is 5.26 Å². The van der Waals surface area contributed by atoms with E-state index in [1.807, 2.05) is 37.3 Å². The lowest BCUT2D eigenvalue weighted by Crippen LogP contribution is -2.00. The van der Waals surface area contributed by atoms with Crippen LogP contribution >= 0.6 is 0 Å². The van der Waals surface area contributed by atoms with E-state index in [0.29, 0.717) is 17.9 Å². The maximum absolute atomic E-state index is 8.91. The lowest BCUT2D eigenvalue weighted by Gasteiger charge is -2.07. The van der Waals surface area contributed by atoms with Crippen molar-refractivity contribution in [3.63, 3.8) is 0 Å². The van der Waals surface area contributed by atoms with Crippen molar-refractivity contribution in [3.05, 3.63) is 59.4 Å². The average molecular weight is 224 g/mol. The number of aromatic nitrogens is 1. The molecule has 0 aliphatic rings. The third-order valence-electron chi connectivity index (χ3n) is 2.33. The molecule has 0 spiro atoms. The van der Waals surface area contributed by atoms with E-state index < -0.39 is 0 Å². The molecular weight excluding hydrogens is 212 g/mol. The van der Waals surface area contributed by atoms with Gasteiger partial charge in [-0.15, -0.1) is 0 Å². The molecule has 3 nitrogen and oxygen atoms in total. The van der Waals surface area contributed by atoms with E-state index in [1.165, 1.54) is 0 Å². The summed E-state index contributed by atoms with van der Waals surface area (Å²) < 4.78 is 5.58. The Morgan fingerprint density at radius 1 is 1.18 bits per heavy atom. The van der Waals surface area contributed by atoms with Crippen molar-refractivity contribution in [1.82, 2.24) is 4.98 Å². The van der Waals surface area contributed by atoms with Gasteiger partial charge in [0.2, 0.25) is 0 Å². The summed E-state index contributed by atoms with van der Waals surface area (Å²) in [6.07, 6.45) is 0. The number of para-hydroxylation sites is 1. The molecule has 1 aromatic carbocycles. The van der Waals surface area contributed by atoms with Crippen molar-refractivity contribution in [3.8, 4) is 11.8 Å². The van der Waals surface area contributed by atoms with Gasteiger partial charge in [-0.3, -0.25) is 4.98 Å². The Hall–Kier alpha value is -2.34. The number of aryl methyl sites for hydroxylation is 1. The highest BCUT2D eigenvalue weighted by atomic mass is 16.5. The van der Waals surface area contributed by atoms with E-state index >= 15 is 0 Å². The first kappa shape index (κ1) is 11.2. The molecule has 0 unspecified atom stereocenters. The molecule has 0 atom stereocenters. The summed E-state index contributed by atoms with van der Waals surface area (Å²) in [7, 11) is 0. The van der Waals surface area contributed by atoms with Crippen LogP contribution < -0.4 is 4.74 Å². The van der Waals surface area contributed by atoms with Gasteiger partial charge in [-0.1, -0.05) is 18.2 Å². The van der Waals surface area contributed by atoms with Crippen LogP contribution in [-0.4, -0.2) is 4.98 Å². The van der Waals surface area contributed by atoms with Gasteiger partial charge in [-0.25, -0.2) is 0 Å². The number of hydrogen-bond donors (Lipinski definition) is 0. The monoisotopic (exact) mass is 224 g/mol. The fraction of sp³-hybridized carbons (Fsp3) is 0.143. The molecule has 1 aromatic heterocycles. The maximum Gasteiger partial charge on any atom is 0.137 e. The molecule has 0 bridgehead atoms. The second kappa shape index (κ2) is 5.13. The van der Waals surface area contributed by atoms with Gasteiger partial charge in [0.05, 0.1) is 11.3 Å². The van der Waals surface area contributed by atoms with E-state index in [4.69, 9.17) is 10.00 Å². The van der Waals surface area contributed by atoms with E-state index in [1.54, 1.807) is 12.1 Å². The van der Waals surface area contributed by atoms with Gasteiger partial charge in [0.15, 0.2) is 0 Å². The topological polar surface area (TPSA) is 45.9 Å². The Morgan fingerprint density at radius 3 is 2.76 bits per heavy atom. The fourth-order valence-electron chi connectivity index (χ4n) is 1.52. The van der Waals surface area contributed by atoms with Crippen molar-refractivity contribution in [1.29, 1.82) is 5.26 Å². The minimum absolute atomic E-state index is 0.375. The summed E-state index contributed by atoms with van der Waals surface area (Å²) in [4.78, 5) is 4.34. The first-order valence-electron chi connectivity index (χ1n) is 5.34. The zero-order chi connectivity index (χ0) is 12.1. The zero-order valence-corrected chi connectivity index (χ0v) is 9.55. The van der Waals surface area contributed by atoms with Crippen LogP contribution in [-0.2, 0) is 6.61 Å². The van der Waals surface area contributed by atoms with Crippen molar-refractivity contribution in [2.75, 3.05) is 0 Å². The number of benzene rings is 1. The van der Waals surface area contributed by atoms with Crippen LogP contribution in [0.15, 0.2) is 42.5 Å². The SMILES string of the molecule is Cc1cccc(COc2ccccc2C#N)n1. The second-order valence-electron chi connectivity index (χ2n) is 3.67. The van der Waals surface area contributed by atoms with Crippen molar-refractivity contribution < 1.29 is 4.74 Å². The fourth-order valence-corrected chi connectivity index (χ4v) is 1.52. The lowest BCUT2D eigenvalue weighted by atomic mass is 10.2. The quantitative estimate of drug-likeness (QED) is 0.805. The minimum atomic E-state index is 0.375. The third kappa shape index (κ3) is 2.82. The molecule has 0 fully saturated rings. The molecule has 2 rings (SSSR count). The highest BCUT2D eigenvalue weighted by molar-refractivity contribution is 5.42. The summed E-state index contributed by atoms with van der Waals surface area (Å²) in [6.45, 7) is 2.31. The normalized spacial score (nSPS) is 9.65. The standard InChI is InChI=1S/C14H12N2O/c1-11-5-4-7-13(16-11)10-17-14-8-3-2-6-12(14)9-15/h2-8H,10H2,1H3. The van der Waals surface area contributed by atoms with Gasteiger partial charge in [0.25, 0.3) is 0 Å². The van der Waals surface area contributed by atoms with E-state index in [-0.39, 0.29) is 0 Å². The van der Waals surface area contributed by atoms with Crippen molar-refractivity contribution in [2.24, 2.45) is 0 Å². The molecule has 3 heteroatoms. The van der Waals surface area contributed by atoms with Crippen LogP contribution in [0.3, 0.4) is 0 Å². The summed E-state index contributed by atoms with van der Waals surface area (Å²) in [5.74, 6) is 0.596. The first-order valence-corrected chi connectivity index (χ1v) is 5.34. The largest absolute Gasteiger partial charge is 0.486 e. The Morgan fingerprint density at radius 2 is 2.00 bits per heavy atom. The van der Waals surface area contributed by atoms with Gasteiger partial charge < -0.3 is 4.74 Å². The molecular formula is C14H12N2O. The third-order valence-corrected chi connectivity index (χ3v) is 2.33. The number of ether oxygens (including phenoxy) is 1. The van der Waals surface area contributed by atoms with E-state index in [9.17, 15) is 0 Å². The molecule has 0 saturated heterocycles. The van der Waals surface area contributed by atoms with Crippen LogP contribution in [0, 0.1) is 18.3 Å². The Balaban J connectivity index is 2.10. The molecule has 1 heterocycles. The Labute approximate surface area is 100 Å².